The highest BCUT2D eigenvalue weighted by molar-refractivity contribution is 5.82. The zero-order chi connectivity index (χ0) is 9.68. The Morgan fingerprint density at radius 3 is 2.54 bits per heavy atom. The Balaban J connectivity index is 2.82. The van der Waals surface area contributed by atoms with Crippen LogP contribution in [0.15, 0.2) is 30.3 Å². The van der Waals surface area contributed by atoms with E-state index in [1.54, 1.807) is 7.05 Å². The van der Waals surface area contributed by atoms with Crippen molar-refractivity contribution in [3.8, 4) is 0 Å². The van der Waals surface area contributed by atoms with Gasteiger partial charge in [0, 0.05) is 6.54 Å². The molecular formula is C10H14N2O. The molecule has 0 radical (unpaired) electrons. The monoisotopic (exact) mass is 178 g/mol. The molecule has 0 aliphatic rings. The maximum atomic E-state index is 11.1. The quantitative estimate of drug-likeness (QED) is 0.704. The third-order valence-electron chi connectivity index (χ3n) is 1.95. The molecule has 0 fully saturated rings. The van der Waals surface area contributed by atoms with Crippen LogP contribution in [0.1, 0.15) is 11.5 Å². The van der Waals surface area contributed by atoms with Gasteiger partial charge in [0.15, 0.2) is 0 Å². The summed E-state index contributed by atoms with van der Waals surface area (Å²) in [5.74, 6) is -0.522. The predicted molar refractivity (Wildman–Crippen MR) is 52.3 cm³/mol. The Hall–Kier alpha value is -1.35. The molecule has 0 aliphatic heterocycles. The SMILES string of the molecule is CNCC(C(N)=O)c1ccccc1. The highest BCUT2D eigenvalue weighted by Gasteiger charge is 2.15. The molecule has 0 heterocycles. The van der Waals surface area contributed by atoms with Gasteiger partial charge in [0.05, 0.1) is 5.92 Å². The summed E-state index contributed by atoms with van der Waals surface area (Å²) in [5, 5.41) is 2.95. The summed E-state index contributed by atoms with van der Waals surface area (Å²) >= 11 is 0. The average molecular weight is 178 g/mol. The van der Waals surface area contributed by atoms with Crippen molar-refractivity contribution < 1.29 is 4.79 Å². The molecule has 70 valence electrons. The van der Waals surface area contributed by atoms with Gasteiger partial charge in [0.1, 0.15) is 0 Å². The predicted octanol–water partition coefficient (Wildman–Crippen LogP) is 0.475. The number of benzene rings is 1. The number of likely N-dealkylation sites (N-methyl/N-ethyl adjacent to an activating group) is 1. The van der Waals surface area contributed by atoms with Crippen LogP contribution in [0.25, 0.3) is 0 Å². The summed E-state index contributed by atoms with van der Waals surface area (Å²) in [6.07, 6.45) is 0. The molecule has 0 spiro atoms. The number of nitrogens with one attached hydrogen (secondary N) is 1. The van der Waals surface area contributed by atoms with Gasteiger partial charge < -0.3 is 11.1 Å². The Morgan fingerprint density at radius 1 is 1.46 bits per heavy atom. The van der Waals surface area contributed by atoms with Crippen LogP contribution in [0.3, 0.4) is 0 Å². The maximum Gasteiger partial charge on any atom is 0.226 e. The number of rotatable bonds is 4. The zero-order valence-corrected chi connectivity index (χ0v) is 7.66. The first-order valence-electron chi connectivity index (χ1n) is 4.24. The van der Waals surface area contributed by atoms with E-state index in [4.69, 9.17) is 5.73 Å². The summed E-state index contributed by atoms with van der Waals surface area (Å²) in [7, 11) is 1.80. The average Bonchev–Trinajstić information content (AvgIpc) is 2.15. The van der Waals surface area contributed by atoms with Gasteiger partial charge in [-0.25, -0.2) is 0 Å². The first-order valence-corrected chi connectivity index (χ1v) is 4.24. The second-order valence-electron chi connectivity index (χ2n) is 2.92. The van der Waals surface area contributed by atoms with Gasteiger partial charge in [0.25, 0.3) is 0 Å². The van der Waals surface area contributed by atoms with Gasteiger partial charge >= 0.3 is 0 Å². The number of hydrogen-bond donors (Lipinski definition) is 2. The van der Waals surface area contributed by atoms with E-state index in [2.05, 4.69) is 5.32 Å². The molecule has 0 aromatic heterocycles. The van der Waals surface area contributed by atoms with Crippen LogP contribution in [0.2, 0.25) is 0 Å². The van der Waals surface area contributed by atoms with Crippen molar-refractivity contribution >= 4 is 5.91 Å². The van der Waals surface area contributed by atoms with Gasteiger partial charge in [-0.2, -0.15) is 0 Å². The zero-order valence-electron chi connectivity index (χ0n) is 7.66. The van der Waals surface area contributed by atoms with Gasteiger partial charge in [-0.3, -0.25) is 4.79 Å². The normalized spacial score (nSPS) is 12.4. The van der Waals surface area contributed by atoms with Crippen LogP contribution in [-0.2, 0) is 4.79 Å². The maximum absolute atomic E-state index is 11.1. The van der Waals surface area contributed by atoms with Crippen molar-refractivity contribution in [2.75, 3.05) is 13.6 Å². The molecule has 3 nitrogen and oxygen atoms in total. The number of carbonyl (C=O) groups excluding carboxylic acids is 1. The van der Waals surface area contributed by atoms with E-state index in [9.17, 15) is 4.79 Å². The van der Waals surface area contributed by atoms with Crippen molar-refractivity contribution in [1.82, 2.24) is 5.32 Å². The van der Waals surface area contributed by atoms with E-state index in [1.165, 1.54) is 0 Å². The first-order chi connectivity index (χ1) is 6.25. The smallest absolute Gasteiger partial charge is 0.226 e. The van der Waals surface area contributed by atoms with Crippen molar-refractivity contribution in [2.45, 2.75) is 5.92 Å². The van der Waals surface area contributed by atoms with Gasteiger partial charge in [-0.15, -0.1) is 0 Å². The second kappa shape index (κ2) is 4.62. The van der Waals surface area contributed by atoms with Crippen molar-refractivity contribution in [1.29, 1.82) is 0 Å². The van der Waals surface area contributed by atoms with E-state index in [0.29, 0.717) is 6.54 Å². The minimum Gasteiger partial charge on any atom is -0.369 e. The van der Waals surface area contributed by atoms with Crippen LogP contribution in [0.4, 0.5) is 0 Å². The Bertz CT molecular complexity index is 272. The summed E-state index contributed by atoms with van der Waals surface area (Å²) < 4.78 is 0. The van der Waals surface area contributed by atoms with Crippen LogP contribution < -0.4 is 11.1 Å². The molecule has 1 rings (SSSR count). The van der Waals surface area contributed by atoms with E-state index >= 15 is 0 Å². The molecule has 3 heteroatoms. The molecule has 1 aromatic carbocycles. The Kier molecular flexibility index (Phi) is 3.46. The lowest BCUT2D eigenvalue weighted by Crippen LogP contribution is -2.29. The Morgan fingerprint density at radius 2 is 2.08 bits per heavy atom. The highest BCUT2D eigenvalue weighted by atomic mass is 16.1. The third-order valence-corrected chi connectivity index (χ3v) is 1.95. The fourth-order valence-corrected chi connectivity index (χ4v) is 1.27. The molecule has 1 amide bonds. The first kappa shape index (κ1) is 9.74. The number of hydrogen-bond acceptors (Lipinski definition) is 2. The molecule has 0 bridgehead atoms. The second-order valence-corrected chi connectivity index (χ2v) is 2.92. The molecule has 13 heavy (non-hydrogen) atoms. The lowest BCUT2D eigenvalue weighted by molar-refractivity contribution is -0.119. The largest absolute Gasteiger partial charge is 0.369 e. The minimum atomic E-state index is -0.291. The summed E-state index contributed by atoms with van der Waals surface area (Å²) in [6.45, 7) is 0.583. The van der Waals surface area contributed by atoms with Crippen LogP contribution in [0.5, 0.6) is 0 Å². The highest BCUT2D eigenvalue weighted by Crippen LogP contribution is 2.13. The summed E-state index contributed by atoms with van der Waals surface area (Å²) in [4.78, 5) is 11.1. The van der Waals surface area contributed by atoms with Crippen molar-refractivity contribution in [3.05, 3.63) is 35.9 Å². The fourth-order valence-electron chi connectivity index (χ4n) is 1.27. The number of nitrogens with two attached hydrogens (primary N) is 1. The van der Waals surface area contributed by atoms with Crippen molar-refractivity contribution in [3.63, 3.8) is 0 Å². The topological polar surface area (TPSA) is 55.1 Å². The van der Waals surface area contributed by atoms with Gasteiger partial charge in [-0.1, -0.05) is 30.3 Å². The van der Waals surface area contributed by atoms with Crippen molar-refractivity contribution in [2.24, 2.45) is 5.73 Å². The molecule has 1 atom stereocenters. The minimum absolute atomic E-state index is 0.230. The molecule has 0 saturated heterocycles. The summed E-state index contributed by atoms with van der Waals surface area (Å²) in [5.41, 5.74) is 6.24. The van der Waals surface area contributed by atoms with Gasteiger partial charge in [-0.05, 0) is 12.6 Å². The standard InChI is InChI=1S/C10H14N2O/c1-12-7-9(10(11)13)8-5-3-2-4-6-8/h2-6,9,12H,7H2,1H3,(H2,11,13). The van der Waals surface area contributed by atoms with Crippen LogP contribution >= 0.6 is 0 Å². The van der Waals surface area contributed by atoms with E-state index in [1.807, 2.05) is 30.3 Å². The van der Waals surface area contributed by atoms with Crippen LogP contribution in [-0.4, -0.2) is 19.5 Å². The molecule has 0 saturated carbocycles. The molecule has 1 unspecified atom stereocenters. The van der Waals surface area contributed by atoms with Gasteiger partial charge in [0.2, 0.25) is 5.91 Å². The number of carbonyl (C=O) groups is 1. The molecule has 3 N–H and O–H groups in total. The van der Waals surface area contributed by atoms with E-state index in [0.717, 1.165) is 5.56 Å². The fraction of sp³-hybridized carbons (Fsp3) is 0.300. The summed E-state index contributed by atoms with van der Waals surface area (Å²) in [6, 6.07) is 9.54. The van der Waals surface area contributed by atoms with Crippen LogP contribution in [0, 0.1) is 0 Å². The number of primary amides is 1. The molecule has 1 aromatic rings. The lowest BCUT2D eigenvalue weighted by atomic mass is 9.99. The molecule has 0 aliphatic carbocycles. The van der Waals surface area contributed by atoms with E-state index in [-0.39, 0.29) is 11.8 Å². The van der Waals surface area contributed by atoms with E-state index < -0.39 is 0 Å². The Labute approximate surface area is 77.9 Å². The third kappa shape index (κ3) is 2.56. The lowest BCUT2D eigenvalue weighted by Gasteiger charge is -2.12. The molecular weight excluding hydrogens is 164 g/mol. The number of amides is 1.